The molecule has 0 amide bonds. The van der Waals surface area contributed by atoms with Gasteiger partial charge >= 0.3 is 71.3 Å². The Labute approximate surface area is 71.3 Å². The van der Waals surface area contributed by atoms with Crippen LogP contribution in [0.4, 0.5) is 0 Å². The molecular formula is H4B2O5PbSi. The second-order valence-corrected chi connectivity index (χ2v) is 1.83. The van der Waals surface area contributed by atoms with Gasteiger partial charge in [-0.2, -0.15) is 0 Å². The summed E-state index contributed by atoms with van der Waals surface area (Å²) in [5, 5.41) is 15.8. The molecule has 0 heterocycles. The molecule has 0 saturated heterocycles. The number of hydrogen-bond donors (Lipinski definition) is 2. The van der Waals surface area contributed by atoms with Crippen LogP contribution < -0.4 is 0 Å². The van der Waals surface area contributed by atoms with Crippen LogP contribution in [0.3, 0.4) is 0 Å². The number of hydrogen-bond acceptors (Lipinski definition) is 5. The van der Waals surface area contributed by atoms with E-state index in [2.05, 4.69) is 4.34 Å². The average Bonchev–Trinajstić information content (AvgIpc) is 1.88. The zero-order valence-electron chi connectivity index (χ0n) is 4.48. The molecule has 0 aromatic heterocycles. The maximum atomic E-state index is 9.42. The molecular weight excluding hydrogens is 337 g/mol. The van der Waals surface area contributed by atoms with Crippen molar-refractivity contribution in [1.29, 1.82) is 0 Å². The van der Waals surface area contributed by atoms with E-state index in [9.17, 15) is 4.70 Å². The molecule has 9 heteroatoms. The zero-order chi connectivity index (χ0) is 7.70. The number of rotatable bonds is 3. The minimum absolute atomic E-state index is 0.0556. The molecule has 5 nitrogen and oxygen atoms in total. The van der Waals surface area contributed by atoms with Gasteiger partial charge in [0.05, 0.1) is 0 Å². The van der Waals surface area contributed by atoms with Gasteiger partial charge in [-0.3, -0.25) is 0 Å². The van der Waals surface area contributed by atoms with Gasteiger partial charge in [0, 0.05) is 0 Å². The standard InChI is InChI=1S/B2H4O4Si.O.Pb/c3-1-7-6-2(4)5;;/h4-5H,7H2;;. The van der Waals surface area contributed by atoms with E-state index in [-0.39, 0.29) is 25.8 Å². The van der Waals surface area contributed by atoms with Crippen molar-refractivity contribution >= 4 is 49.5 Å². The molecule has 0 fully saturated rings. The van der Waals surface area contributed by atoms with Crippen LogP contribution >= 0.6 is 0 Å². The quantitative estimate of drug-likeness (QED) is 0.521. The Hall–Kier alpha value is 0.749. The first-order valence-corrected chi connectivity index (χ1v) is 4.87. The van der Waals surface area contributed by atoms with Gasteiger partial charge in [-0.25, -0.2) is 0 Å². The van der Waals surface area contributed by atoms with Crippen molar-refractivity contribution in [3.05, 3.63) is 0 Å². The predicted octanol–water partition coefficient (Wildman–Crippen LogP) is -3.48. The summed E-state index contributed by atoms with van der Waals surface area (Å²) in [6.45, 7) is 0.569. The predicted molar refractivity (Wildman–Crippen MR) is 32.7 cm³/mol. The van der Waals surface area contributed by atoms with Crippen molar-refractivity contribution in [3.63, 3.8) is 0 Å². The third kappa shape index (κ3) is 17.7. The van der Waals surface area contributed by atoms with E-state index >= 15 is 0 Å². The topological polar surface area (TPSA) is 83.8 Å². The Morgan fingerprint density at radius 1 is 1.56 bits per heavy atom. The SMILES string of the molecule is O=B[SiH2]OB(O)O.[O]=[Pb]. The van der Waals surface area contributed by atoms with Gasteiger partial charge < -0.3 is 0 Å². The molecule has 0 aromatic carbocycles. The van der Waals surface area contributed by atoms with Gasteiger partial charge in [0.15, 0.2) is 0 Å². The molecule has 48 valence electrons. The summed E-state index contributed by atoms with van der Waals surface area (Å²) in [7, 11) is -3.07. The molecule has 0 aliphatic rings. The Bertz CT molecular complexity index is 68.0. The van der Waals surface area contributed by atoms with Crippen molar-refractivity contribution in [2.24, 2.45) is 0 Å². The summed E-state index contributed by atoms with van der Waals surface area (Å²) < 4.78 is 21.9. The van der Waals surface area contributed by atoms with Crippen molar-refractivity contribution in [1.82, 2.24) is 0 Å². The van der Waals surface area contributed by atoms with Crippen LogP contribution in [0.1, 0.15) is 0 Å². The molecule has 9 heavy (non-hydrogen) atoms. The summed E-state index contributed by atoms with van der Waals surface area (Å²) in [6, 6.07) is 0. The van der Waals surface area contributed by atoms with E-state index in [1.807, 2.05) is 0 Å². The van der Waals surface area contributed by atoms with Gasteiger partial charge in [0.25, 0.3) is 0 Å². The molecule has 0 aliphatic carbocycles. The molecule has 0 bridgehead atoms. The summed E-state index contributed by atoms with van der Waals surface area (Å²) in [6.07, 6.45) is 0. The van der Waals surface area contributed by atoms with E-state index in [1.165, 1.54) is 0 Å². The van der Waals surface area contributed by atoms with Gasteiger partial charge in [0.1, 0.15) is 0 Å². The molecule has 2 radical (unpaired) electrons. The normalized spacial score (nSPS) is 7.78. The molecule has 0 aliphatic heterocycles. The van der Waals surface area contributed by atoms with Crippen molar-refractivity contribution in [3.8, 4) is 0 Å². The second-order valence-electron chi connectivity index (χ2n) is 0.826. The van der Waals surface area contributed by atoms with E-state index in [0.29, 0.717) is 6.74 Å². The molecule has 2 N–H and O–H groups in total. The second kappa shape index (κ2) is 11.5. The average molecular weight is 341 g/mol. The van der Waals surface area contributed by atoms with E-state index < -0.39 is 17.0 Å². The molecule has 0 atom stereocenters. The molecule has 0 spiro atoms. The molecule has 0 saturated carbocycles. The summed E-state index contributed by atoms with van der Waals surface area (Å²) in [4.78, 5) is 0. The van der Waals surface area contributed by atoms with Crippen LogP contribution in [-0.2, 0) is 11.7 Å². The van der Waals surface area contributed by atoms with Gasteiger partial charge in [-0.05, 0) is 0 Å². The monoisotopic (exact) mass is 342 g/mol. The Morgan fingerprint density at radius 3 is 2.11 bits per heavy atom. The Balaban J connectivity index is 0. The van der Waals surface area contributed by atoms with Gasteiger partial charge in [0.2, 0.25) is 0 Å². The maximum absolute atomic E-state index is 9.42. The van der Waals surface area contributed by atoms with Crippen LogP contribution in [-0.4, -0.2) is 59.5 Å². The van der Waals surface area contributed by atoms with Crippen LogP contribution in [0.25, 0.3) is 0 Å². The first kappa shape index (κ1) is 12.4. The zero-order valence-corrected chi connectivity index (χ0v) is 9.78. The summed E-state index contributed by atoms with van der Waals surface area (Å²) in [5.41, 5.74) is 0. The van der Waals surface area contributed by atoms with Crippen LogP contribution in [0.5, 0.6) is 0 Å². The third-order valence-corrected chi connectivity index (χ3v) is 0.940. The van der Waals surface area contributed by atoms with Gasteiger partial charge in [-0.1, -0.05) is 0 Å². The molecule has 0 aromatic rings. The minimum atomic E-state index is -1.77. The Kier molecular flexibility index (Phi) is 15.9. The van der Waals surface area contributed by atoms with Crippen LogP contribution in [0.2, 0.25) is 0 Å². The third-order valence-electron chi connectivity index (χ3n) is 0.313. The van der Waals surface area contributed by atoms with Crippen molar-refractivity contribution < 1.29 is 21.8 Å². The molecule has 0 unspecified atom stereocenters. The summed E-state index contributed by atoms with van der Waals surface area (Å²) in [5.74, 6) is 0. The summed E-state index contributed by atoms with van der Waals surface area (Å²) >= 11 is 0.0556. The first-order valence-electron chi connectivity index (χ1n) is 1.89. The fourth-order valence-corrected chi connectivity index (χ4v) is 0.376. The van der Waals surface area contributed by atoms with Crippen LogP contribution in [0.15, 0.2) is 0 Å². The fourth-order valence-electron chi connectivity index (χ4n) is 0.125. The molecule has 0 rings (SSSR count). The first-order chi connectivity index (χ1) is 4.27. The fraction of sp³-hybridized carbons (Fsp3) is 0. The van der Waals surface area contributed by atoms with E-state index in [0.717, 1.165) is 0 Å². The van der Waals surface area contributed by atoms with E-state index in [1.54, 1.807) is 0 Å². The van der Waals surface area contributed by atoms with E-state index in [4.69, 9.17) is 12.7 Å². The van der Waals surface area contributed by atoms with Crippen molar-refractivity contribution in [2.75, 3.05) is 0 Å². The van der Waals surface area contributed by atoms with Crippen LogP contribution in [0, 0.1) is 0 Å². The Morgan fingerprint density at radius 2 is 2.00 bits per heavy atom. The van der Waals surface area contributed by atoms with Gasteiger partial charge in [-0.15, -0.1) is 0 Å². The van der Waals surface area contributed by atoms with Crippen molar-refractivity contribution in [2.45, 2.75) is 0 Å².